The first-order valence-corrected chi connectivity index (χ1v) is 5.80. The summed E-state index contributed by atoms with van der Waals surface area (Å²) in [5.41, 5.74) is 1.01. The van der Waals surface area contributed by atoms with Crippen LogP contribution in [0.1, 0.15) is 12.0 Å². The van der Waals surface area contributed by atoms with Crippen LogP contribution in [-0.4, -0.2) is 31.0 Å². The molecule has 5 heteroatoms. The standard InChI is InChI=1S/C13H14N2O3/c14-7-11-3-1-2-4-12(11)15-8-10(5-6-16)9-18-13(15)17/h1-4,10,16H,5-6,8-9H2. The number of hydrogen-bond donors (Lipinski definition) is 1. The summed E-state index contributed by atoms with van der Waals surface area (Å²) >= 11 is 0. The van der Waals surface area contributed by atoms with E-state index in [1.54, 1.807) is 24.3 Å². The smallest absolute Gasteiger partial charge is 0.414 e. The van der Waals surface area contributed by atoms with Gasteiger partial charge < -0.3 is 9.84 Å². The molecule has 1 amide bonds. The third-order valence-electron chi connectivity index (χ3n) is 2.96. The largest absolute Gasteiger partial charge is 0.449 e. The van der Waals surface area contributed by atoms with Crippen LogP contribution in [0.2, 0.25) is 0 Å². The molecule has 0 bridgehead atoms. The highest BCUT2D eigenvalue weighted by atomic mass is 16.6. The van der Waals surface area contributed by atoms with Crippen LogP contribution in [-0.2, 0) is 4.74 Å². The highest BCUT2D eigenvalue weighted by Crippen LogP contribution is 2.25. The fourth-order valence-electron chi connectivity index (χ4n) is 2.01. The third kappa shape index (κ3) is 2.44. The van der Waals surface area contributed by atoms with Crippen molar-refractivity contribution in [2.24, 2.45) is 5.92 Å². The minimum Gasteiger partial charge on any atom is -0.449 e. The Kier molecular flexibility index (Phi) is 3.80. The molecule has 1 N–H and O–H groups in total. The predicted octanol–water partition coefficient (Wildman–Crippen LogP) is 1.51. The van der Waals surface area contributed by atoms with Crippen molar-refractivity contribution in [3.05, 3.63) is 29.8 Å². The predicted molar refractivity (Wildman–Crippen MR) is 65.0 cm³/mol. The molecular formula is C13H14N2O3. The average molecular weight is 246 g/mol. The molecule has 0 aromatic heterocycles. The van der Waals surface area contributed by atoms with Crippen molar-refractivity contribution in [1.29, 1.82) is 5.26 Å². The van der Waals surface area contributed by atoms with E-state index in [-0.39, 0.29) is 12.5 Å². The number of carbonyl (C=O) groups is 1. The molecule has 2 rings (SSSR count). The van der Waals surface area contributed by atoms with Gasteiger partial charge in [0.05, 0.1) is 17.9 Å². The molecule has 94 valence electrons. The minimum absolute atomic E-state index is 0.0654. The summed E-state index contributed by atoms with van der Waals surface area (Å²) in [5, 5.41) is 18.0. The lowest BCUT2D eigenvalue weighted by atomic mass is 10.0. The molecule has 1 heterocycles. The maximum atomic E-state index is 11.7. The molecule has 1 aliphatic heterocycles. The van der Waals surface area contributed by atoms with Gasteiger partial charge >= 0.3 is 6.09 Å². The van der Waals surface area contributed by atoms with E-state index in [0.29, 0.717) is 30.8 Å². The summed E-state index contributed by atoms with van der Waals surface area (Å²) in [6.45, 7) is 0.860. The lowest BCUT2D eigenvalue weighted by Gasteiger charge is -2.32. The van der Waals surface area contributed by atoms with Crippen LogP contribution in [0.25, 0.3) is 0 Å². The molecule has 1 unspecified atom stereocenters. The lowest BCUT2D eigenvalue weighted by Crippen LogP contribution is -2.43. The van der Waals surface area contributed by atoms with E-state index in [2.05, 4.69) is 6.07 Å². The number of nitrogens with zero attached hydrogens (tertiary/aromatic N) is 2. The van der Waals surface area contributed by atoms with E-state index in [9.17, 15) is 4.79 Å². The summed E-state index contributed by atoms with van der Waals surface area (Å²) < 4.78 is 5.08. The Hall–Kier alpha value is -2.06. The molecule has 1 aromatic carbocycles. The normalized spacial score (nSPS) is 19.2. The van der Waals surface area contributed by atoms with Crippen LogP contribution in [0.4, 0.5) is 10.5 Å². The molecule has 1 saturated heterocycles. The number of cyclic esters (lactones) is 1. The number of carbonyl (C=O) groups excluding carboxylic acids is 1. The van der Waals surface area contributed by atoms with Gasteiger partial charge in [-0.25, -0.2) is 4.79 Å². The topological polar surface area (TPSA) is 73.6 Å². The van der Waals surface area contributed by atoms with Gasteiger partial charge in [-0.1, -0.05) is 12.1 Å². The van der Waals surface area contributed by atoms with Gasteiger partial charge in [0.2, 0.25) is 0 Å². The van der Waals surface area contributed by atoms with Gasteiger partial charge in [-0.2, -0.15) is 5.26 Å². The van der Waals surface area contributed by atoms with E-state index >= 15 is 0 Å². The Balaban J connectivity index is 2.25. The maximum Gasteiger partial charge on any atom is 0.414 e. The second kappa shape index (κ2) is 5.52. The molecule has 0 saturated carbocycles. The first kappa shape index (κ1) is 12.4. The summed E-state index contributed by atoms with van der Waals surface area (Å²) in [6, 6.07) is 8.98. The molecular weight excluding hydrogens is 232 g/mol. The summed E-state index contributed by atoms with van der Waals surface area (Å²) in [4.78, 5) is 13.2. The van der Waals surface area contributed by atoms with E-state index in [0.717, 1.165) is 0 Å². The number of benzene rings is 1. The van der Waals surface area contributed by atoms with Crippen LogP contribution in [0, 0.1) is 17.2 Å². The van der Waals surface area contributed by atoms with Crippen molar-refractivity contribution < 1.29 is 14.6 Å². The Morgan fingerprint density at radius 3 is 3.00 bits per heavy atom. The van der Waals surface area contributed by atoms with Gasteiger partial charge in [-0.3, -0.25) is 4.90 Å². The molecule has 1 aromatic rings. The molecule has 1 atom stereocenters. The number of para-hydroxylation sites is 1. The summed E-state index contributed by atoms with van der Waals surface area (Å²) in [6.07, 6.45) is 0.144. The molecule has 1 aliphatic rings. The van der Waals surface area contributed by atoms with Crippen molar-refractivity contribution in [3.8, 4) is 6.07 Å². The van der Waals surface area contributed by atoms with Crippen LogP contribution in [0.3, 0.4) is 0 Å². The number of ether oxygens (including phenoxy) is 1. The van der Waals surface area contributed by atoms with Crippen molar-refractivity contribution in [2.75, 3.05) is 24.7 Å². The molecule has 1 fully saturated rings. The number of aliphatic hydroxyl groups excluding tert-OH is 1. The van der Waals surface area contributed by atoms with Gasteiger partial charge in [0.1, 0.15) is 6.07 Å². The van der Waals surface area contributed by atoms with Gasteiger partial charge in [0.25, 0.3) is 0 Å². The number of hydrogen-bond acceptors (Lipinski definition) is 4. The zero-order chi connectivity index (χ0) is 13.0. The van der Waals surface area contributed by atoms with Crippen LogP contribution < -0.4 is 4.90 Å². The maximum absolute atomic E-state index is 11.7. The molecule has 0 aliphatic carbocycles. The summed E-state index contributed by atoms with van der Waals surface area (Å²) in [7, 11) is 0. The second-order valence-electron chi connectivity index (χ2n) is 4.19. The molecule has 0 spiro atoms. The zero-order valence-corrected chi connectivity index (χ0v) is 9.87. The van der Waals surface area contributed by atoms with Crippen LogP contribution in [0.15, 0.2) is 24.3 Å². The van der Waals surface area contributed by atoms with Crippen LogP contribution >= 0.6 is 0 Å². The van der Waals surface area contributed by atoms with Crippen molar-refractivity contribution in [2.45, 2.75) is 6.42 Å². The quantitative estimate of drug-likeness (QED) is 0.877. The lowest BCUT2D eigenvalue weighted by molar-refractivity contribution is 0.104. The van der Waals surface area contributed by atoms with Crippen molar-refractivity contribution in [1.82, 2.24) is 0 Å². The average Bonchev–Trinajstić information content (AvgIpc) is 2.41. The highest BCUT2D eigenvalue weighted by Gasteiger charge is 2.29. The van der Waals surface area contributed by atoms with Crippen LogP contribution in [0.5, 0.6) is 0 Å². The summed E-state index contributed by atoms with van der Waals surface area (Å²) in [5.74, 6) is 0.0967. The Morgan fingerprint density at radius 1 is 1.50 bits per heavy atom. The third-order valence-corrected chi connectivity index (χ3v) is 2.96. The van der Waals surface area contributed by atoms with Crippen molar-refractivity contribution in [3.63, 3.8) is 0 Å². The van der Waals surface area contributed by atoms with Gasteiger partial charge in [0.15, 0.2) is 0 Å². The first-order chi connectivity index (χ1) is 8.76. The Morgan fingerprint density at radius 2 is 2.28 bits per heavy atom. The Bertz CT molecular complexity index is 481. The first-order valence-electron chi connectivity index (χ1n) is 5.80. The molecule has 5 nitrogen and oxygen atoms in total. The minimum atomic E-state index is -0.438. The second-order valence-corrected chi connectivity index (χ2v) is 4.19. The van der Waals surface area contributed by atoms with E-state index in [4.69, 9.17) is 15.1 Å². The zero-order valence-electron chi connectivity index (χ0n) is 9.87. The fourth-order valence-corrected chi connectivity index (χ4v) is 2.01. The van der Waals surface area contributed by atoms with E-state index in [1.807, 2.05) is 0 Å². The van der Waals surface area contributed by atoms with E-state index in [1.165, 1.54) is 4.90 Å². The van der Waals surface area contributed by atoms with Gasteiger partial charge in [-0.15, -0.1) is 0 Å². The number of nitriles is 1. The number of aliphatic hydroxyl groups is 1. The number of rotatable bonds is 3. The number of amides is 1. The van der Waals surface area contributed by atoms with E-state index < -0.39 is 6.09 Å². The molecule has 18 heavy (non-hydrogen) atoms. The fraction of sp³-hybridized carbons (Fsp3) is 0.385. The highest BCUT2D eigenvalue weighted by molar-refractivity contribution is 5.90. The molecule has 0 radical (unpaired) electrons. The number of anilines is 1. The van der Waals surface area contributed by atoms with Crippen molar-refractivity contribution >= 4 is 11.8 Å². The van der Waals surface area contributed by atoms with Gasteiger partial charge in [-0.05, 0) is 18.6 Å². The van der Waals surface area contributed by atoms with Gasteiger partial charge in [0, 0.05) is 19.1 Å². The Labute approximate surface area is 105 Å². The SMILES string of the molecule is N#Cc1ccccc1N1CC(CCO)COC1=O. The monoisotopic (exact) mass is 246 g/mol.